The molecule has 1 atom stereocenters. The van der Waals surface area contributed by atoms with Crippen LogP contribution in [0.1, 0.15) is 35.1 Å². The zero-order chi connectivity index (χ0) is 24.0. The Labute approximate surface area is 195 Å². The SMILES string of the molecule is CC(=O)c1ccc(-n2cnc3cc(NC4CC(=O)N(C)C4)ccc32)nc1-n1nc(C#N)cc1C. The molecule has 10 nitrogen and oxygen atoms in total. The summed E-state index contributed by atoms with van der Waals surface area (Å²) in [6.45, 7) is 3.95. The number of carbonyl (C=O) groups is 2. The average molecular weight is 454 g/mol. The number of imidazole rings is 1. The third-order valence-corrected chi connectivity index (χ3v) is 5.95. The van der Waals surface area contributed by atoms with Crippen LogP contribution in [0.15, 0.2) is 42.7 Å². The van der Waals surface area contributed by atoms with Gasteiger partial charge in [0.25, 0.3) is 0 Å². The van der Waals surface area contributed by atoms with Crippen LogP contribution in [0.5, 0.6) is 0 Å². The summed E-state index contributed by atoms with van der Waals surface area (Å²) in [6.07, 6.45) is 2.15. The molecule has 1 N–H and O–H groups in total. The number of nitriles is 1. The minimum Gasteiger partial charge on any atom is -0.380 e. The molecular weight excluding hydrogens is 432 g/mol. The molecule has 1 fully saturated rings. The van der Waals surface area contributed by atoms with Crippen LogP contribution in [-0.2, 0) is 4.79 Å². The van der Waals surface area contributed by atoms with Crippen LogP contribution in [-0.4, -0.2) is 60.5 Å². The molecule has 0 radical (unpaired) electrons. The highest BCUT2D eigenvalue weighted by Gasteiger charge is 2.26. The van der Waals surface area contributed by atoms with E-state index in [9.17, 15) is 14.9 Å². The fourth-order valence-corrected chi connectivity index (χ4v) is 4.23. The molecule has 170 valence electrons. The number of nitrogens with zero attached hydrogens (tertiary/aromatic N) is 7. The Hall–Kier alpha value is -4.52. The van der Waals surface area contributed by atoms with Crippen molar-refractivity contribution in [1.82, 2.24) is 29.2 Å². The normalized spacial score (nSPS) is 15.6. The lowest BCUT2D eigenvalue weighted by atomic mass is 10.2. The largest absolute Gasteiger partial charge is 0.380 e. The average Bonchev–Trinajstić information content (AvgIpc) is 3.49. The first-order valence-electron chi connectivity index (χ1n) is 10.8. The van der Waals surface area contributed by atoms with Gasteiger partial charge in [0.15, 0.2) is 17.3 Å². The summed E-state index contributed by atoms with van der Waals surface area (Å²) in [5, 5.41) is 16.9. The van der Waals surface area contributed by atoms with Gasteiger partial charge in [0.05, 0.1) is 22.6 Å². The number of rotatable bonds is 5. The third-order valence-electron chi connectivity index (χ3n) is 5.95. The standard InChI is InChI=1S/C24H22N8O2/c1-14-8-17(11-25)29-32(14)24-19(15(2)33)5-7-22(28-24)31-13-26-20-9-16(4-6-21(20)31)27-18-10-23(34)30(3)12-18/h4-9,13,18,27H,10,12H2,1-3H3. The second kappa shape index (κ2) is 8.12. The lowest BCUT2D eigenvalue weighted by Crippen LogP contribution is -2.24. The number of anilines is 1. The number of ketones is 1. The molecule has 34 heavy (non-hydrogen) atoms. The van der Waals surface area contributed by atoms with Gasteiger partial charge >= 0.3 is 0 Å². The molecule has 1 unspecified atom stereocenters. The number of amides is 1. The van der Waals surface area contributed by atoms with Crippen molar-refractivity contribution in [3.63, 3.8) is 0 Å². The van der Waals surface area contributed by atoms with Gasteiger partial charge in [-0.05, 0) is 50.2 Å². The van der Waals surface area contributed by atoms with E-state index in [-0.39, 0.29) is 23.4 Å². The second-order valence-corrected chi connectivity index (χ2v) is 8.43. The first-order chi connectivity index (χ1) is 16.3. The van der Waals surface area contributed by atoms with Crippen molar-refractivity contribution in [3.8, 4) is 17.7 Å². The molecule has 0 saturated carbocycles. The highest BCUT2D eigenvalue weighted by Crippen LogP contribution is 2.25. The fourth-order valence-electron chi connectivity index (χ4n) is 4.23. The summed E-state index contributed by atoms with van der Waals surface area (Å²) >= 11 is 0. The van der Waals surface area contributed by atoms with E-state index in [2.05, 4.69) is 15.4 Å². The van der Waals surface area contributed by atoms with Crippen LogP contribution in [0.4, 0.5) is 5.69 Å². The molecule has 1 saturated heterocycles. The summed E-state index contributed by atoms with van der Waals surface area (Å²) in [5.74, 6) is 0.913. The Morgan fingerprint density at radius 1 is 1.24 bits per heavy atom. The maximum absolute atomic E-state index is 12.3. The van der Waals surface area contributed by atoms with Crippen LogP contribution in [0.3, 0.4) is 0 Å². The van der Waals surface area contributed by atoms with E-state index in [0.29, 0.717) is 35.9 Å². The molecule has 5 rings (SSSR count). The van der Waals surface area contributed by atoms with Crippen LogP contribution in [0.25, 0.3) is 22.7 Å². The Kier molecular flexibility index (Phi) is 5.09. The van der Waals surface area contributed by atoms with E-state index < -0.39 is 0 Å². The number of hydrogen-bond donors (Lipinski definition) is 1. The van der Waals surface area contributed by atoms with Gasteiger partial charge in [-0.3, -0.25) is 14.2 Å². The maximum atomic E-state index is 12.3. The van der Waals surface area contributed by atoms with Gasteiger partial charge in [-0.25, -0.2) is 14.6 Å². The number of likely N-dealkylation sites (tertiary alicyclic amines) is 1. The Bertz CT molecular complexity index is 1490. The number of benzene rings is 1. The van der Waals surface area contributed by atoms with Crippen molar-refractivity contribution >= 4 is 28.4 Å². The third kappa shape index (κ3) is 3.67. The van der Waals surface area contributed by atoms with Gasteiger partial charge in [0, 0.05) is 31.4 Å². The number of Topliss-reactive ketones (excluding diaryl/α,β-unsaturated/α-hetero) is 1. The van der Waals surface area contributed by atoms with Gasteiger partial charge in [-0.2, -0.15) is 10.4 Å². The van der Waals surface area contributed by atoms with Crippen molar-refractivity contribution in [2.75, 3.05) is 18.9 Å². The summed E-state index contributed by atoms with van der Waals surface area (Å²) in [7, 11) is 1.80. The van der Waals surface area contributed by atoms with Gasteiger partial charge < -0.3 is 10.2 Å². The van der Waals surface area contributed by atoms with Gasteiger partial charge in [0.2, 0.25) is 5.91 Å². The number of nitrogens with one attached hydrogen (secondary N) is 1. The number of fused-ring (bicyclic) bond motifs is 1. The van der Waals surface area contributed by atoms with Gasteiger partial charge in [0.1, 0.15) is 18.2 Å². The molecule has 4 aromatic rings. The van der Waals surface area contributed by atoms with Gasteiger partial charge in [-0.1, -0.05) is 0 Å². The number of hydrogen-bond acceptors (Lipinski definition) is 7. The predicted octanol–water partition coefficient (Wildman–Crippen LogP) is 2.63. The molecular formula is C24H22N8O2. The molecule has 3 aromatic heterocycles. The van der Waals surface area contributed by atoms with Crippen molar-refractivity contribution in [2.24, 2.45) is 0 Å². The topological polar surface area (TPSA) is 122 Å². The van der Waals surface area contributed by atoms with E-state index >= 15 is 0 Å². The number of aryl methyl sites for hydroxylation is 1. The lowest BCUT2D eigenvalue weighted by molar-refractivity contribution is -0.126. The predicted molar refractivity (Wildman–Crippen MR) is 125 cm³/mol. The number of likely N-dealkylation sites (N-methyl/N-ethyl adjacent to an activating group) is 1. The Morgan fingerprint density at radius 2 is 2.06 bits per heavy atom. The zero-order valence-corrected chi connectivity index (χ0v) is 19.0. The van der Waals surface area contributed by atoms with Gasteiger partial charge in [-0.15, -0.1) is 0 Å². The number of pyridine rings is 1. The van der Waals surface area contributed by atoms with E-state index in [0.717, 1.165) is 16.7 Å². The van der Waals surface area contributed by atoms with Crippen molar-refractivity contribution in [3.05, 3.63) is 59.7 Å². The molecule has 1 aliphatic heterocycles. The van der Waals surface area contributed by atoms with Crippen LogP contribution in [0, 0.1) is 18.3 Å². The summed E-state index contributed by atoms with van der Waals surface area (Å²) in [6, 6.07) is 13.0. The van der Waals surface area contributed by atoms with E-state index in [1.807, 2.05) is 35.8 Å². The Balaban J connectivity index is 1.52. The van der Waals surface area contributed by atoms with Crippen LogP contribution >= 0.6 is 0 Å². The minimum absolute atomic E-state index is 0.0657. The molecule has 4 heterocycles. The first kappa shape index (κ1) is 21.3. The monoisotopic (exact) mass is 454 g/mol. The van der Waals surface area contributed by atoms with E-state index in [1.54, 1.807) is 36.5 Å². The maximum Gasteiger partial charge on any atom is 0.224 e. The smallest absolute Gasteiger partial charge is 0.224 e. The number of carbonyl (C=O) groups excluding carboxylic acids is 2. The van der Waals surface area contributed by atoms with Crippen molar-refractivity contribution in [1.29, 1.82) is 5.26 Å². The van der Waals surface area contributed by atoms with Crippen molar-refractivity contribution < 1.29 is 9.59 Å². The minimum atomic E-state index is -0.148. The van der Waals surface area contributed by atoms with Crippen molar-refractivity contribution in [2.45, 2.75) is 26.3 Å². The van der Waals surface area contributed by atoms with Crippen LogP contribution < -0.4 is 5.32 Å². The van der Waals surface area contributed by atoms with Crippen LogP contribution in [0.2, 0.25) is 0 Å². The molecule has 0 aliphatic carbocycles. The molecule has 0 bridgehead atoms. The molecule has 0 spiro atoms. The molecule has 1 aromatic carbocycles. The summed E-state index contributed by atoms with van der Waals surface area (Å²) < 4.78 is 3.35. The first-order valence-corrected chi connectivity index (χ1v) is 10.8. The highest BCUT2D eigenvalue weighted by molar-refractivity contribution is 5.97. The second-order valence-electron chi connectivity index (χ2n) is 8.43. The molecule has 10 heteroatoms. The molecule has 1 amide bonds. The quantitative estimate of drug-likeness (QED) is 0.460. The lowest BCUT2D eigenvalue weighted by Gasteiger charge is -2.14. The number of aromatic nitrogens is 5. The Morgan fingerprint density at radius 3 is 2.74 bits per heavy atom. The summed E-state index contributed by atoms with van der Waals surface area (Å²) in [5.41, 5.74) is 3.86. The molecule has 1 aliphatic rings. The zero-order valence-electron chi connectivity index (χ0n) is 19.0. The fraction of sp³-hybridized carbons (Fsp3) is 0.250. The van der Waals surface area contributed by atoms with E-state index in [1.165, 1.54) is 11.6 Å². The van der Waals surface area contributed by atoms with E-state index in [4.69, 9.17) is 4.98 Å². The summed E-state index contributed by atoms with van der Waals surface area (Å²) in [4.78, 5) is 35.0. The highest BCUT2D eigenvalue weighted by atomic mass is 16.2.